The summed E-state index contributed by atoms with van der Waals surface area (Å²) in [6, 6.07) is 12.2. The summed E-state index contributed by atoms with van der Waals surface area (Å²) in [5.74, 6) is 1.66. The standard InChI is InChI=1S/C17H19NO2S2/c1-2-20-15-8-4-3-7-14(15)17-18(16(19)12-22-17)10-9-13-6-5-11-21-13/h3-8,11,17H,2,9-10,12H2,1H3. The maximum Gasteiger partial charge on any atom is 0.233 e. The molecule has 2 heterocycles. The van der Waals surface area contributed by atoms with E-state index in [-0.39, 0.29) is 11.3 Å². The van der Waals surface area contributed by atoms with E-state index in [1.54, 1.807) is 23.1 Å². The molecule has 0 N–H and O–H groups in total. The van der Waals surface area contributed by atoms with Crippen molar-refractivity contribution in [1.29, 1.82) is 0 Å². The lowest BCUT2D eigenvalue weighted by Crippen LogP contribution is -2.30. The maximum atomic E-state index is 12.3. The second-order valence-electron chi connectivity index (χ2n) is 5.05. The van der Waals surface area contributed by atoms with Crippen LogP contribution in [0.25, 0.3) is 0 Å². The minimum atomic E-state index is 0.0650. The lowest BCUT2D eigenvalue weighted by Gasteiger charge is -2.25. The molecule has 22 heavy (non-hydrogen) atoms. The molecule has 0 radical (unpaired) electrons. The Kier molecular flexibility index (Phi) is 5.05. The number of carbonyl (C=O) groups excluding carboxylic acids is 1. The number of rotatable bonds is 6. The number of nitrogens with zero attached hydrogens (tertiary/aromatic N) is 1. The minimum Gasteiger partial charge on any atom is -0.493 e. The fourth-order valence-electron chi connectivity index (χ4n) is 2.61. The monoisotopic (exact) mass is 333 g/mol. The SMILES string of the molecule is CCOc1ccccc1C1SCC(=O)N1CCc1cccs1. The lowest BCUT2D eigenvalue weighted by molar-refractivity contribution is -0.128. The molecule has 1 fully saturated rings. The van der Waals surface area contributed by atoms with E-state index in [0.717, 1.165) is 24.3 Å². The first kappa shape index (κ1) is 15.4. The van der Waals surface area contributed by atoms with Crippen LogP contribution in [0, 0.1) is 0 Å². The van der Waals surface area contributed by atoms with Gasteiger partial charge in [0.15, 0.2) is 0 Å². The molecule has 0 bridgehead atoms. The summed E-state index contributed by atoms with van der Waals surface area (Å²) in [5, 5.41) is 2.15. The molecule has 1 saturated heterocycles. The minimum absolute atomic E-state index is 0.0650. The third kappa shape index (κ3) is 3.31. The molecular weight excluding hydrogens is 314 g/mol. The third-order valence-electron chi connectivity index (χ3n) is 3.63. The van der Waals surface area contributed by atoms with E-state index in [0.29, 0.717) is 12.4 Å². The second kappa shape index (κ2) is 7.20. The van der Waals surface area contributed by atoms with Crippen molar-refractivity contribution >= 4 is 29.0 Å². The first-order chi connectivity index (χ1) is 10.8. The molecule has 0 saturated carbocycles. The van der Waals surface area contributed by atoms with Crippen molar-refractivity contribution in [1.82, 2.24) is 4.90 Å². The zero-order chi connectivity index (χ0) is 15.4. The average Bonchev–Trinajstić information content (AvgIpc) is 3.16. The van der Waals surface area contributed by atoms with Crippen LogP contribution in [0.5, 0.6) is 5.75 Å². The molecule has 3 nitrogen and oxygen atoms in total. The average molecular weight is 333 g/mol. The molecule has 1 aliphatic heterocycles. The summed E-state index contributed by atoms with van der Waals surface area (Å²) in [7, 11) is 0. The number of para-hydroxylation sites is 1. The Bertz CT molecular complexity index is 627. The van der Waals surface area contributed by atoms with Gasteiger partial charge in [0, 0.05) is 17.0 Å². The molecule has 1 aromatic carbocycles. The number of hydrogen-bond donors (Lipinski definition) is 0. The number of ether oxygens (including phenoxy) is 1. The van der Waals surface area contributed by atoms with E-state index < -0.39 is 0 Å². The smallest absolute Gasteiger partial charge is 0.233 e. The van der Waals surface area contributed by atoms with Gasteiger partial charge in [-0.05, 0) is 30.9 Å². The van der Waals surface area contributed by atoms with Crippen LogP contribution in [0.15, 0.2) is 41.8 Å². The number of amides is 1. The van der Waals surface area contributed by atoms with Crippen molar-refractivity contribution < 1.29 is 9.53 Å². The van der Waals surface area contributed by atoms with Gasteiger partial charge in [-0.1, -0.05) is 24.3 Å². The van der Waals surface area contributed by atoms with Crippen LogP contribution in [0.1, 0.15) is 22.7 Å². The summed E-state index contributed by atoms with van der Waals surface area (Å²) in [5.41, 5.74) is 1.10. The van der Waals surface area contributed by atoms with Crippen LogP contribution < -0.4 is 4.74 Å². The highest BCUT2D eigenvalue weighted by Gasteiger charge is 2.34. The van der Waals surface area contributed by atoms with E-state index in [9.17, 15) is 4.79 Å². The Balaban J connectivity index is 1.78. The number of thiophene rings is 1. The Morgan fingerprint density at radius 3 is 2.91 bits per heavy atom. The van der Waals surface area contributed by atoms with Crippen LogP contribution in [0.4, 0.5) is 0 Å². The van der Waals surface area contributed by atoms with Gasteiger partial charge in [0.1, 0.15) is 11.1 Å². The topological polar surface area (TPSA) is 29.5 Å². The van der Waals surface area contributed by atoms with Crippen LogP contribution in [0.3, 0.4) is 0 Å². The zero-order valence-electron chi connectivity index (χ0n) is 12.5. The van der Waals surface area contributed by atoms with Gasteiger partial charge in [0.25, 0.3) is 0 Å². The molecule has 1 atom stereocenters. The first-order valence-electron chi connectivity index (χ1n) is 7.44. The Hall–Kier alpha value is -1.46. The molecule has 1 aromatic heterocycles. The second-order valence-corrected chi connectivity index (χ2v) is 7.15. The molecule has 1 unspecified atom stereocenters. The molecule has 0 aliphatic carbocycles. The fourth-order valence-corrected chi connectivity index (χ4v) is 4.55. The predicted molar refractivity (Wildman–Crippen MR) is 92.5 cm³/mol. The summed E-state index contributed by atoms with van der Waals surface area (Å²) < 4.78 is 5.73. The van der Waals surface area contributed by atoms with Gasteiger partial charge in [-0.15, -0.1) is 23.1 Å². The van der Waals surface area contributed by atoms with Crippen molar-refractivity contribution in [3.8, 4) is 5.75 Å². The highest BCUT2D eigenvalue weighted by atomic mass is 32.2. The molecule has 116 valence electrons. The quantitative estimate of drug-likeness (QED) is 0.801. The van der Waals surface area contributed by atoms with E-state index >= 15 is 0 Å². The largest absolute Gasteiger partial charge is 0.493 e. The summed E-state index contributed by atoms with van der Waals surface area (Å²) in [4.78, 5) is 15.6. The number of benzene rings is 1. The van der Waals surface area contributed by atoms with E-state index in [4.69, 9.17) is 4.74 Å². The first-order valence-corrected chi connectivity index (χ1v) is 9.37. The van der Waals surface area contributed by atoms with Gasteiger partial charge in [-0.3, -0.25) is 4.79 Å². The predicted octanol–water partition coefficient (Wildman–Crippen LogP) is 3.96. The molecular formula is C17H19NO2S2. The summed E-state index contributed by atoms with van der Waals surface area (Å²) >= 11 is 3.44. The maximum absolute atomic E-state index is 12.3. The van der Waals surface area contributed by atoms with Crippen molar-refractivity contribution in [2.75, 3.05) is 18.9 Å². The van der Waals surface area contributed by atoms with Gasteiger partial charge in [-0.25, -0.2) is 0 Å². The van der Waals surface area contributed by atoms with Crippen LogP contribution in [-0.4, -0.2) is 29.7 Å². The van der Waals surface area contributed by atoms with E-state index in [2.05, 4.69) is 23.6 Å². The molecule has 2 aromatic rings. The van der Waals surface area contributed by atoms with Gasteiger partial charge in [0.05, 0.1) is 12.4 Å². The number of hydrogen-bond acceptors (Lipinski definition) is 4. The highest BCUT2D eigenvalue weighted by Crippen LogP contribution is 2.42. The highest BCUT2D eigenvalue weighted by molar-refractivity contribution is 8.00. The number of thioether (sulfide) groups is 1. The van der Waals surface area contributed by atoms with Gasteiger partial charge >= 0.3 is 0 Å². The van der Waals surface area contributed by atoms with Crippen molar-refractivity contribution in [3.05, 3.63) is 52.2 Å². The molecule has 1 amide bonds. The Morgan fingerprint density at radius 1 is 1.27 bits per heavy atom. The van der Waals surface area contributed by atoms with Crippen molar-refractivity contribution in [2.45, 2.75) is 18.7 Å². The third-order valence-corrected chi connectivity index (χ3v) is 5.81. The van der Waals surface area contributed by atoms with E-state index in [1.807, 2.05) is 30.0 Å². The molecule has 1 aliphatic rings. The van der Waals surface area contributed by atoms with Crippen molar-refractivity contribution in [3.63, 3.8) is 0 Å². The molecule has 0 spiro atoms. The molecule has 5 heteroatoms. The van der Waals surface area contributed by atoms with Crippen molar-refractivity contribution in [2.24, 2.45) is 0 Å². The summed E-state index contributed by atoms with van der Waals surface area (Å²) in [6.45, 7) is 3.38. The van der Waals surface area contributed by atoms with Gasteiger partial charge < -0.3 is 9.64 Å². The Labute approximate surface area is 139 Å². The zero-order valence-corrected chi connectivity index (χ0v) is 14.2. The number of carbonyl (C=O) groups is 1. The Morgan fingerprint density at radius 2 is 2.14 bits per heavy atom. The molecule has 3 rings (SSSR count). The van der Waals surface area contributed by atoms with Crippen LogP contribution >= 0.6 is 23.1 Å². The lowest BCUT2D eigenvalue weighted by atomic mass is 10.1. The van der Waals surface area contributed by atoms with Crippen LogP contribution in [0.2, 0.25) is 0 Å². The van der Waals surface area contributed by atoms with Crippen LogP contribution in [-0.2, 0) is 11.2 Å². The normalized spacial score (nSPS) is 18.0. The fraction of sp³-hybridized carbons (Fsp3) is 0.353. The van der Waals surface area contributed by atoms with Gasteiger partial charge in [-0.2, -0.15) is 0 Å². The van der Waals surface area contributed by atoms with E-state index in [1.165, 1.54) is 4.88 Å². The summed E-state index contributed by atoms with van der Waals surface area (Å²) in [6.07, 6.45) is 0.914. The van der Waals surface area contributed by atoms with Gasteiger partial charge in [0.2, 0.25) is 5.91 Å².